The molecule has 98 valence electrons. The normalized spacial score (nSPS) is 20.7. The van der Waals surface area contributed by atoms with Gasteiger partial charge in [0.1, 0.15) is 6.04 Å². The summed E-state index contributed by atoms with van der Waals surface area (Å²) in [5.41, 5.74) is 7.97. The van der Waals surface area contributed by atoms with Gasteiger partial charge in [-0.2, -0.15) is 0 Å². The van der Waals surface area contributed by atoms with E-state index in [1.807, 2.05) is 31.2 Å². The number of rotatable bonds is 4. The Morgan fingerprint density at radius 2 is 2.22 bits per heavy atom. The van der Waals surface area contributed by atoms with Gasteiger partial charge in [0.2, 0.25) is 5.91 Å². The van der Waals surface area contributed by atoms with Crippen LogP contribution in [0.5, 0.6) is 0 Å². The first-order valence-corrected chi connectivity index (χ1v) is 6.50. The highest BCUT2D eigenvalue weighted by Crippen LogP contribution is 2.11. The quantitative estimate of drug-likeness (QED) is 0.739. The van der Waals surface area contributed by atoms with Crippen LogP contribution in [0.25, 0.3) is 0 Å². The molecular weight excluding hydrogens is 226 g/mol. The minimum atomic E-state index is -0.577. The van der Waals surface area contributed by atoms with E-state index in [1.165, 1.54) is 12.0 Å². The molecule has 1 heterocycles. The van der Waals surface area contributed by atoms with Crippen LogP contribution in [0.1, 0.15) is 30.0 Å². The van der Waals surface area contributed by atoms with E-state index in [-0.39, 0.29) is 5.91 Å². The molecule has 1 aliphatic heterocycles. The molecule has 0 aliphatic carbocycles. The highest BCUT2D eigenvalue weighted by molar-refractivity contribution is 5.82. The van der Waals surface area contributed by atoms with E-state index in [0.717, 1.165) is 18.5 Å². The first-order chi connectivity index (χ1) is 8.66. The number of amides is 1. The summed E-state index contributed by atoms with van der Waals surface area (Å²) < 4.78 is 0. The number of benzene rings is 1. The number of nitrogens with one attached hydrogen (secondary N) is 2. The lowest BCUT2D eigenvalue weighted by molar-refractivity contribution is -0.122. The third-order valence-corrected chi connectivity index (χ3v) is 3.40. The average molecular weight is 247 g/mol. The van der Waals surface area contributed by atoms with Crippen LogP contribution in [0.3, 0.4) is 0 Å². The zero-order valence-corrected chi connectivity index (χ0v) is 10.8. The number of carbonyl (C=O) groups excluding carboxylic acids is 1. The predicted octanol–water partition coefficient (Wildman–Crippen LogP) is 0.863. The molecule has 4 N–H and O–H groups in total. The third-order valence-electron chi connectivity index (χ3n) is 3.40. The molecule has 0 aromatic heterocycles. The summed E-state index contributed by atoms with van der Waals surface area (Å²) in [6.45, 7) is 3.73. The van der Waals surface area contributed by atoms with Crippen molar-refractivity contribution < 1.29 is 4.79 Å². The molecular formula is C14H21N3O. The number of aryl methyl sites for hydroxylation is 1. The fourth-order valence-electron chi connectivity index (χ4n) is 2.19. The van der Waals surface area contributed by atoms with Crippen LogP contribution in [-0.4, -0.2) is 25.0 Å². The average Bonchev–Trinajstić information content (AvgIpc) is 2.89. The highest BCUT2D eigenvalue weighted by atomic mass is 16.2. The molecule has 0 bridgehead atoms. The van der Waals surface area contributed by atoms with Crippen LogP contribution in [0.15, 0.2) is 24.3 Å². The van der Waals surface area contributed by atoms with Crippen LogP contribution >= 0.6 is 0 Å². The maximum Gasteiger partial charge on any atom is 0.241 e. The molecule has 18 heavy (non-hydrogen) atoms. The summed E-state index contributed by atoms with van der Waals surface area (Å²) in [5.74, 6) is -0.104. The summed E-state index contributed by atoms with van der Waals surface area (Å²) in [7, 11) is 0. The van der Waals surface area contributed by atoms with E-state index in [2.05, 4.69) is 10.6 Å². The maximum atomic E-state index is 11.9. The van der Waals surface area contributed by atoms with E-state index in [1.54, 1.807) is 0 Å². The van der Waals surface area contributed by atoms with Crippen molar-refractivity contribution in [1.82, 2.24) is 10.6 Å². The van der Waals surface area contributed by atoms with Crippen molar-refractivity contribution in [1.29, 1.82) is 0 Å². The van der Waals surface area contributed by atoms with Crippen molar-refractivity contribution >= 4 is 5.91 Å². The summed E-state index contributed by atoms with van der Waals surface area (Å²) in [4.78, 5) is 11.9. The fourth-order valence-corrected chi connectivity index (χ4v) is 2.19. The summed E-state index contributed by atoms with van der Waals surface area (Å²) >= 11 is 0. The van der Waals surface area contributed by atoms with Gasteiger partial charge in [-0.3, -0.25) is 4.79 Å². The summed E-state index contributed by atoms with van der Waals surface area (Å²) in [5, 5.41) is 6.25. The first kappa shape index (κ1) is 13.1. The number of nitrogens with two attached hydrogens (primary N) is 1. The molecule has 4 nitrogen and oxygen atoms in total. The Labute approximate surface area is 108 Å². The Morgan fingerprint density at radius 3 is 2.83 bits per heavy atom. The topological polar surface area (TPSA) is 67.2 Å². The second-order valence-electron chi connectivity index (χ2n) is 4.93. The second kappa shape index (κ2) is 5.98. The lowest BCUT2D eigenvalue weighted by atomic mass is 10.1. The van der Waals surface area contributed by atoms with Crippen molar-refractivity contribution in [3.63, 3.8) is 0 Å². The van der Waals surface area contributed by atoms with Gasteiger partial charge in [0.15, 0.2) is 0 Å². The van der Waals surface area contributed by atoms with Crippen LogP contribution in [0, 0.1) is 6.92 Å². The van der Waals surface area contributed by atoms with Gasteiger partial charge in [-0.15, -0.1) is 0 Å². The van der Waals surface area contributed by atoms with Crippen LogP contribution in [0.2, 0.25) is 0 Å². The molecule has 1 amide bonds. The molecule has 2 atom stereocenters. The smallest absolute Gasteiger partial charge is 0.241 e. The van der Waals surface area contributed by atoms with Crippen molar-refractivity contribution in [3.05, 3.63) is 35.4 Å². The van der Waals surface area contributed by atoms with Crippen molar-refractivity contribution in [2.24, 2.45) is 5.73 Å². The zero-order valence-electron chi connectivity index (χ0n) is 10.8. The highest BCUT2D eigenvalue weighted by Gasteiger charge is 2.18. The standard InChI is InChI=1S/C14H21N3O/c1-10-4-6-11(7-5-10)13(15)14(18)17-9-12-3-2-8-16-12/h4-7,12-13,16H,2-3,8-9,15H2,1H3,(H,17,18). The number of hydrogen-bond donors (Lipinski definition) is 3. The van der Waals surface area contributed by atoms with Gasteiger partial charge < -0.3 is 16.4 Å². The van der Waals surface area contributed by atoms with Gasteiger partial charge in [0, 0.05) is 12.6 Å². The van der Waals surface area contributed by atoms with Crippen LogP contribution < -0.4 is 16.4 Å². The van der Waals surface area contributed by atoms with E-state index in [4.69, 9.17) is 5.73 Å². The predicted molar refractivity (Wildman–Crippen MR) is 72.1 cm³/mol. The molecule has 1 fully saturated rings. The zero-order chi connectivity index (χ0) is 13.0. The summed E-state index contributed by atoms with van der Waals surface area (Å²) in [6, 6.07) is 7.59. The van der Waals surface area contributed by atoms with Crippen LogP contribution in [0.4, 0.5) is 0 Å². The van der Waals surface area contributed by atoms with Gasteiger partial charge in [0.05, 0.1) is 0 Å². The van der Waals surface area contributed by atoms with E-state index >= 15 is 0 Å². The SMILES string of the molecule is Cc1ccc(C(N)C(=O)NCC2CCCN2)cc1. The maximum absolute atomic E-state index is 11.9. The van der Waals surface area contributed by atoms with Gasteiger partial charge >= 0.3 is 0 Å². The van der Waals surface area contributed by atoms with Crippen molar-refractivity contribution in [2.45, 2.75) is 31.8 Å². The number of hydrogen-bond acceptors (Lipinski definition) is 3. The second-order valence-corrected chi connectivity index (χ2v) is 4.93. The van der Waals surface area contributed by atoms with Gasteiger partial charge in [0.25, 0.3) is 0 Å². The van der Waals surface area contributed by atoms with E-state index < -0.39 is 6.04 Å². The van der Waals surface area contributed by atoms with Gasteiger partial charge in [-0.25, -0.2) is 0 Å². The van der Waals surface area contributed by atoms with Gasteiger partial charge in [-0.1, -0.05) is 29.8 Å². The van der Waals surface area contributed by atoms with E-state index in [9.17, 15) is 4.79 Å². The molecule has 1 aliphatic rings. The molecule has 1 saturated heterocycles. The lowest BCUT2D eigenvalue weighted by Crippen LogP contribution is -2.41. The van der Waals surface area contributed by atoms with Crippen LogP contribution in [-0.2, 0) is 4.79 Å². The molecule has 1 aromatic rings. The van der Waals surface area contributed by atoms with Crippen molar-refractivity contribution in [3.8, 4) is 0 Å². The molecule has 0 spiro atoms. The Kier molecular flexibility index (Phi) is 4.33. The fraction of sp³-hybridized carbons (Fsp3) is 0.500. The van der Waals surface area contributed by atoms with Gasteiger partial charge in [-0.05, 0) is 31.9 Å². The Hall–Kier alpha value is -1.39. The Bertz CT molecular complexity index is 396. The largest absolute Gasteiger partial charge is 0.353 e. The Balaban J connectivity index is 1.85. The lowest BCUT2D eigenvalue weighted by Gasteiger charge is -2.15. The molecule has 2 rings (SSSR count). The molecule has 4 heteroatoms. The minimum absolute atomic E-state index is 0.104. The molecule has 1 aromatic carbocycles. The molecule has 2 unspecified atom stereocenters. The molecule has 0 radical (unpaired) electrons. The monoisotopic (exact) mass is 247 g/mol. The summed E-state index contributed by atoms with van der Waals surface area (Å²) in [6.07, 6.45) is 2.31. The minimum Gasteiger partial charge on any atom is -0.353 e. The van der Waals surface area contributed by atoms with Crippen molar-refractivity contribution in [2.75, 3.05) is 13.1 Å². The molecule has 0 saturated carbocycles. The number of carbonyl (C=O) groups is 1. The van der Waals surface area contributed by atoms with E-state index in [0.29, 0.717) is 12.6 Å². The third kappa shape index (κ3) is 3.31. The first-order valence-electron chi connectivity index (χ1n) is 6.50. The Morgan fingerprint density at radius 1 is 1.50 bits per heavy atom.